The molecule has 0 aromatic heterocycles. The molecule has 0 aliphatic carbocycles. The minimum absolute atomic E-state index is 0.313. The van der Waals surface area contributed by atoms with Gasteiger partial charge < -0.3 is 10.1 Å². The Morgan fingerprint density at radius 3 is 2.38 bits per heavy atom. The first-order valence-electron chi connectivity index (χ1n) is 4.82. The molecule has 1 aromatic carbocycles. The van der Waals surface area contributed by atoms with E-state index in [1.54, 1.807) is 19.1 Å². The van der Waals surface area contributed by atoms with Crippen molar-refractivity contribution in [3.63, 3.8) is 0 Å². The second kappa shape index (κ2) is 5.87. The van der Waals surface area contributed by atoms with E-state index in [2.05, 4.69) is 5.32 Å². The average molecular weight is 222 g/mol. The number of ether oxygens (including phenoxy) is 1. The van der Waals surface area contributed by atoms with Crippen LogP contribution in [0, 0.1) is 0 Å². The van der Waals surface area contributed by atoms with E-state index in [1.165, 1.54) is 12.1 Å². The SMILES string of the molecule is CCOC(=O)c1ccc(NC(=O)C[O])cc1. The topological polar surface area (TPSA) is 75.3 Å². The maximum atomic E-state index is 11.3. The van der Waals surface area contributed by atoms with Crippen LogP contribution in [0.5, 0.6) is 0 Å². The first kappa shape index (κ1) is 12.2. The van der Waals surface area contributed by atoms with Crippen LogP contribution in [0.15, 0.2) is 24.3 Å². The summed E-state index contributed by atoms with van der Waals surface area (Å²) < 4.78 is 4.79. The highest BCUT2D eigenvalue weighted by atomic mass is 16.5. The van der Waals surface area contributed by atoms with Crippen molar-refractivity contribution in [3.05, 3.63) is 29.8 Å². The predicted octanol–water partition coefficient (Wildman–Crippen LogP) is 1.23. The van der Waals surface area contributed by atoms with E-state index >= 15 is 0 Å². The van der Waals surface area contributed by atoms with Gasteiger partial charge in [-0.15, -0.1) is 0 Å². The largest absolute Gasteiger partial charge is 0.462 e. The van der Waals surface area contributed by atoms with E-state index in [0.29, 0.717) is 17.9 Å². The summed E-state index contributed by atoms with van der Waals surface area (Å²) in [5, 5.41) is 12.6. The lowest BCUT2D eigenvalue weighted by atomic mass is 10.2. The molecular weight excluding hydrogens is 210 g/mol. The van der Waals surface area contributed by atoms with Crippen LogP contribution in [-0.2, 0) is 14.6 Å². The normalized spacial score (nSPS) is 9.62. The predicted molar refractivity (Wildman–Crippen MR) is 56.6 cm³/mol. The zero-order valence-electron chi connectivity index (χ0n) is 8.86. The van der Waals surface area contributed by atoms with Crippen molar-refractivity contribution in [2.24, 2.45) is 0 Å². The van der Waals surface area contributed by atoms with Gasteiger partial charge in [-0.2, -0.15) is 0 Å². The Hall–Kier alpha value is -1.88. The maximum Gasteiger partial charge on any atom is 0.338 e. The summed E-state index contributed by atoms with van der Waals surface area (Å²) >= 11 is 0. The lowest BCUT2D eigenvalue weighted by Gasteiger charge is -2.04. The Morgan fingerprint density at radius 1 is 1.25 bits per heavy atom. The molecule has 0 fully saturated rings. The first-order chi connectivity index (χ1) is 7.67. The zero-order valence-corrected chi connectivity index (χ0v) is 8.86. The molecule has 5 nitrogen and oxygen atoms in total. The number of carbonyl (C=O) groups is 2. The van der Waals surface area contributed by atoms with E-state index in [-0.39, 0.29) is 0 Å². The van der Waals surface area contributed by atoms with Crippen LogP contribution >= 0.6 is 0 Å². The van der Waals surface area contributed by atoms with Crippen molar-refractivity contribution in [2.45, 2.75) is 6.92 Å². The minimum atomic E-state index is -0.820. The van der Waals surface area contributed by atoms with Crippen molar-refractivity contribution < 1.29 is 19.4 Å². The van der Waals surface area contributed by atoms with Crippen molar-refractivity contribution in [1.82, 2.24) is 0 Å². The summed E-state index contributed by atoms with van der Waals surface area (Å²) in [6, 6.07) is 6.14. The molecule has 1 aromatic rings. The third kappa shape index (κ3) is 3.36. The second-order valence-corrected chi connectivity index (χ2v) is 2.99. The Labute approximate surface area is 93.0 Å². The number of esters is 1. The Bertz CT molecular complexity index is 372. The van der Waals surface area contributed by atoms with Crippen LogP contribution in [0.1, 0.15) is 17.3 Å². The molecule has 1 radical (unpaired) electrons. The average Bonchev–Trinajstić information content (AvgIpc) is 2.30. The molecule has 5 heteroatoms. The van der Waals surface area contributed by atoms with E-state index in [4.69, 9.17) is 4.74 Å². The molecule has 0 saturated carbocycles. The van der Waals surface area contributed by atoms with Gasteiger partial charge in [-0.25, -0.2) is 9.90 Å². The molecule has 85 valence electrons. The van der Waals surface area contributed by atoms with Crippen LogP contribution in [0.3, 0.4) is 0 Å². The quantitative estimate of drug-likeness (QED) is 0.778. The van der Waals surface area contributed by atoms with Gasteiger partial charge in [-0.05, 0) is 31.2 Å². The standard InChI is InChI=1S/C11H12NO4/c1-2-16-11(15)8-3-5-9(6-4-8)12-10(14)7-13/h3-6H,2,7H2,1H3,(H,12,14). The van der Waals surface area contributed by atoms with Crippen molar-refractivity contribution in [2.75, 3.05) is 18.5 Å². The summed E-state index contributed by atoms with van der Waals surface area (Å²) in [4.78, 5) is 22.1. The van der Waals surface area contributed by atoms with Crippen LogP contribution in [0.25, 0.3) is 0 Å². The van der Waals surface area contributed by atoms with E-state index in [9.17, 15) is 14.7 Å². The molecule has 0 spiro atoms. The van der Waals surface area contributed by atoms with Crippen LogP contribution in [0.4, 0.5) is 5.69 Å². The maximum absolute atomic E-state index is 11.3. The molecule has 0 unspecified atom stereocenters. The highest BCUT2D eigenvalue weighted by Gasteiger charge is 2.06. The summed E-state index contributed by atoms with van der Waals surface area (Å²) in [5.74, 6) is -1.02. The highest BCUT2D eigenvalue weighted by Crippen LogP contribution is 2.10. The fourth-order valence-corrected chi connectivity index (χ4v) is 1.10. The van der Waals surface area contributed by atoms with E-state index in [1.807, 2.05) is 0 Å². The van der Waals surface area contributed by atoms with Gasteiger partial charge in [0.2, 0.25) is 0 Å². The molecule has 0 aliphatic rings. The molecule has 16 heavy (non-hydrogen) atoms. The highest BCUT2D eigenvalue weighted by molar-refractivity contribution is 5.93. The molecular formula is C11H12NO4. The van der Waals surface area contributed by atoms with Crippen LogP contribution < -0.4 is 5.32 Å². The van der Waals surface area contributed by atoms with Crippen LogP contribution in [-0.4, -0.2) is 25.1 Å². The fourth-order valence-electron chi connectivity index (χ4n) is 1.10. The van der Waals surface area contributed by atoms with Gasteiger partial charge in [0.1, 0.15) is 0 Å². The number of benzene rings is 1. The third-order valence-corrected chi connectivity index (χ3v) is 1.81. The monoisotopic (exact) mass is 222 g/mol. The third-order valence-electron chi connectivity index (χ3n) is 1.81. The van der Waals surface area contributed by atoms with E-state index in [0.717, 1.165) is 0 Å². The van der Waals surface area contributed by atoms with Crippen molar-refractivity contribution >= 4 is 17.6 Å². The molecule has 0 atom stereocenters. The molecule has 0 saturated heterocycles. The van der Waals surface area contributed by atoms with Gasteiger partial charge in [-0.3, -0.25) is 4.79 Å². The molecule has 0 bridgehead atoms. The fraction of sp³-hybridized carbons (Fsp3) is 0.273. The number of hydrogen-bond acceptors (Lipinski definition) is 3. The summed E-state index contributed by atoms with van der Waals surface area (Å²) in [5.41, 5.74) is 0.885. The number of hydrogen-bond donors (Lipinski definition) is 1. The Kier molecular flexibility index (Phi) is 4.47. The van der Waals surface area contributed by atoms with E-state index < -0.39 is 18.5 Å². The lowest BCUT2D eigenvalue weighted by Crippen LogP contribution is -2.14. The van der Waals surface area contributed by atoms with Crippen molar-refractivity contribution in [1.29, 1.82) is 0 Å². The smallest absolute Gasteiger partial charge is 0.338 e. The minimum Gasteiger partial charge on any atom is -0.462 e. The number of rotatable bonds is 4. The summed E-state index contributed by atoms with van der Waals surface area (Å²) in [6.45, 7) is 1.22. The van der Waals surface area contributed by atoms with Gasteiger partial charge in [0.15, 0.2) is 6.61 Å². The zero-order chi connectivity index (χ0) is 12.0. The number of amides is 1. The van der Waals surface area contributed by atoms with Crippen molar-refractivity contribution in [3.8, 4) is 0 Å². The van der Waals surface area contributed by atoms with Gasteiger partial charge in [0.05, 0.1) is 12.2 Å². The van der Waals surface area contributed by atoms with Gasteiger partial charge >= 0.3 is 5.97 Å². The molecule has 1 rings (SSSR count). The molecule has 1 N–H and O–H groups in total. The number of anilines is 1. The number of carbonyl (C=O) groups excluding carboxylic acids is 2. The lowest BCUT2D eigenvalue weighted by molar-refractivity contribution is -0.120. The van der Waals surface area contributed by atoms with Crippen LogP contribution in [0.2, 0.25) is 0 Å². The Balaban J connectivity index is 2.67. The molecule has 0 heterocycles. The Morgan fingerprint density at radius 2 is 1.88 bits per heavy atom. The summed E-state index contributed by atoms with van der Waals surface area (Å²) in [7, 11) is 0. The second-order valence-electron chi connectivity index (χ2n) is 2.99. The first-order valence-corrected chi connectivity index (χ1v) is 4.82. The number of nitrogens with one attached hydrogen (secondary N) is 1. The van der Waals surface area contributed by atoms with Gasteiger partial charge in [-0.1, -0.05) is 0 Å². The molecule has 1 amide bonds. The van der Waals surface area contributed by atoms with Gasteiger partial charge in [0, 0.05) is 5.69 Å². The molecule has 0 aliphatic heterocycles. The van der Waals surface area contributed by atoms with Gasteiger partial charge in [0.25, 0.3) is 5.91 Å². The summed E-state index contributed by atoms with van der Waals surface area (Å²) in [6.07, 6.45) is 0.